The first-order valence-corrected chi connectivity index (χ1v) is 7.99. The maximum atomic E-state index is 11.6. The van der Waals surface area contributed by atoms with Crippen LogP contribution >= 0.6 is 11.8 Å². The number of nitrogens with zero attached hydrogens (tertiary/aromatic N) is 1. The van der Waals surface area contributed by atoms with E-state index in [0.29, 0.717) is 5.75 Å². The van der Waals surface area contributed by atoms with Crippen molar-refractivity contribution in [3.8, 4) is 11.4 Å². The summed E-state index contributed by atoms with van der Waals surface area (Å²) in [6, 6.07) is 15.6. The van der Waals surface area contributed by atoms with E-state index in [2.05, 4.69) is 15.3 Å². The van der Waals surface area contributed by atoms with Crippen molar-refractivity contribution in [2.75, 3.05) is 17.3 Å². The van der Waals surface area contributed by atoms with E-state index in [1.165, 1.54) is 11.8 Å². The summed E-state index contributed by atoms with van der Waals surface area (Å²) < 4.78 is 0. The lowest BCUT2D eigenvalue weighted by molar-refractivity contribution is -0.113. The highest BCUT2D eigenvalue weighted by atomic mass is 32.2. The third-order valence-electron chi connectivity index (χ3n) is 3.08. The van der Waals surface area contributed by atoms with Crippen LogP contribution in [0, 0.1) is 0 Å². The lowest BCUT2D eigenvalue weighted by Gasteiger charge is -2.05. The molecule has 0 bridgehead atoms. The molecule has 0 unspecified atom stereocenters. The van der Waals surface area contributed by atoms with Crippen LogP contribution in [0.4, 0.5) is 5.69 Å². The zero-order valence-corrected chi connectivity index (χ0v) is 12.4. The molecule has 0 aliphatic heterocycles. The summed E-state index contributed by atoms with van der Waals surface area (Å²) in [6.07, 6.45) is 1.91. The van der Waals surface area contributed by atoms with Gasteiger partial charge in [-0.15, -0.1) is 0 Å². The standard InChI is InChI=1S/C16H15N3OS/c1-21-10-15(20)17-12-6-4-5-11(9-12)16-18-13-7-2-3-8-14(13)19-16/h2-9H,10H2,1H3,(H,17,20)(H,18,19). The predicted octanol–water partition coefficient (Wildman–Crippen LogP) is 3.53. The number of anilines is 1. The molecular weight excluding hydrogens is 282 g/mol. The lowest BCUT2D eigenvalue weighted by Crippen LogP contribution is -2.13. The SMILES string of the molecule is CSCC(=O)Nc1cccc(-c2nc3ccccc3[nH]2)c1. The molecule has 0 atom stereocenters. The van der Waals surface area contributed by atoms with Crippen molar-refractivity contribution in [2.24, 2.45) is 0 Å². The number of hydrogen-bond acceptors (Lipinski definition) is 3. The second kappa shape index (κ2) is 6.01. The van der Waals surface area contributed by atoms with E-state index in [0.717, 1.165) is 28.1 Å². The van der Waals surface area contributed by atoms with E-state index in [1.54, 1.807) is 0 Å². The third kappa shape index (κ3) is 3.08. The van der Waals surface area contributed by atoms with Crippen LogP contribution in [0.25, 0.3) is 22.4 Å². The maximum absolute atomic E-state index is 11.6. The summed E-state index contributed by atoms with van der Waals surface area (Å²) in [6.45, 7) is 0. The molecule has 3 rings (SSSR count). The molecule has 0 saturated carbocycles. The summed E-state index contributed by atoms with van der Waals surface area (Å²) in [5.41, 5.74) is 3.67. The number of amides is 1. The van der Waals surface area contributed by atoms with Crippen LogP contribution in [-0.2, 0) is 4.79 Å². The van der Waals surface area contributed by atoms with Crippen molar-refractivity contribution in [1.82, 2.24) is 9.97 Å². The number of aromatic amines is 1. The Kier molecular flexibility index (Phi) is 3.92. The first-order chi connectivity index (χ1) is 10.3. The van der Waals surface area contributed by atoms with E-state index in [4.69, 9.17) is 0 Å². The summed E-state index contributed by atoms with van der Waals surface area (Å²) in [7, 11) is 0. The van der Waals surface area contributed by atoms with E-state index in [9.17, 15) is 4.79 Å². The van der Waals surface area contributed by atoms with Crippen molar-refractivity contribution in [3.05, 3.63) is 48.5 Å². The van der Waals surface area contributed by atoms with Crippen LogP contribution in [-0.4, -0.2) is 27.9 Å². The molecule has 0 radical (unpaired) electrons. The van der Waals surface area contributed by atoms with Crippen molar-refractivity contribution < 1.29 is 4.79 Å². The summed E-state index contributed by atoms with van der Waals surface area (Å²) in [4.78, 5) is 19.5. The molecule has 2 N–H and O–H groups in total. The van der Waals surface area contributed by atoms with Gasteiger partial charge in [-0.3, -0.25) is 4.79 Å². The number of para-hydroxylation sites is 2. The van der Waals surface area contributed by atoms with Gasteiger partial charge in [0.15, 0.2) is 0 Å². The molecular formula is C16H15N3OS. The fourth-order valence-electron chi connectivity index (χ4n) is 2.16. The molecule has 0 spiro atoms. The highest BCUT2D eigenvalue weighted by molar-refractivity contribution is 7.99. The fraction of sp³-hybridized carbons (Fsp3) is 0.125. The largest absolute Gasteiger partial charge is 0.338 e. The molecule has 4 nitrogen and oxygen atoms in total. The molecule has 0 aliphatic rings. The van der Waals surface area contributed by atoms with Crippen LogP contribution < -0.4 is 5.32 Å². The average molecular weight is 297 g/mol. The molecule has 2 aromatic carbocycles. The third-order valence-corrected chi connectivity index (χ3v) is 3.64. The maximum Gasteiger partial charge on any atom is 0.234 e. The molecule has 21 heavy (non-hydrogen) atoms. The number of imidazole rings is 1. The van der Waals surface area contributed by atoms with Gasteiger partial charge in [0, 0.05) is 11.3 Å². The Hall–Kier alpha value is -2.27. The van der Waals surface area contributed by atoms with Crippen LogP contribution in [0.5, 0.6) is 0 Å². The zero-order valence-electron chi connectivity index (χ0n) is 11.6. The van der Waals surface area contributed by atoms with Crippen molar-refractivity contribution in [2.45, 2.75) is 0 Å². The summed E-state index contributed by atoms with van der Waals surface area (Å²) in [5, 5.41) is 2.89. The molecule has 0 saturated heterocycles. The van der Waals surface area contributed by atoms with Gasteiger partial charge in [0.2, 0.25) is 5.91 Å². The van der Waals surface area contributed by atoms with Crippen molar-refractivity contribution in [3.63, 3.8) is 0 Å². The summed E-state index contributed by atoms with van der Waals surface area (Å²) in [5.74, 6) is 1.26. The molecule has 0 fully saturated rings. The number of carbonyl (C=O) groups is 1. The second-order valence-electron chi connectivity index (χ2n) is 4.66. The van der Waals surface area contributed by atoms with Gasteiger partial charge in [0.25, 0.3) is 0 Å². The van der Waals surface area contributed by atoms with Gasteiger partial charge in [-0.2, -0.15) is 11.8 Å². The minimum Gasteiger partial charge on any atom is -0.338 e. The van der Waals surface area contributed by atoms with Crippen molar-refractivity contribution in [1.29, 1.82) is 0 Å². The Morgan fingerprint density at radius 2 is 2.10 bits per heavy atom. The summed E-state index contributed by atoms with van der Waals surface area (Å²) >= 11 is 1.50. The molecule has 0 aliphatic carbocycles. The normalized spacial score (nSPS) is 10.7. The first-order valence-electron chi connectivity index (χ1n) is 6.60. The Morgan fingerprint density at radius 3 is 2.90 bits per heavy atom. The highest BCUT2D eigenvalue weighted by Gasteiger charge is 2.07. The number of aromatic nitrogens is 2. The van der Waals surface area contributed by atoms with E-state index >= 15 is 0 Å². The zero-order chi connectivity index (χ0) is 14.7. The molecule has 5 heteroatoms. The Labute approximate surface area is 127 Å². The van der Waals surface area contributed by atoms with Gasteiger partial charge in [-0.25, -0.2) is 4.98 Å². The highest BCUT2D eigenvalue weighted by Crippen LogP contribution is 2.23. The Morgan fingerprint density at radius 1 is 1.24 bits per heavy atom. The Balaban J connectivity index is 1.90. The minimum atomic E-state index is 0.00394. The van der Waals surface area contributed by atoms with Gasteiger partial charge >= 0.3 is 0 Å². The second-order valence-corrected chi connectivity index (χ2v) is 5.53. The molecule has 106 valence electrons. The van der Waals surface area contributed by atoms with Crippen LogP contribution in [0.15, 0.2) is 48.5 Å². The quantitative estimate of drug-likeness (QED) is 0.774. The van der Waals surface area contributed by atoms with Crippen LogP contribution in [0.3, 0.4) is 0 Å². The van der Waals surface area contributed by atoms with Gasteiger partial charge < -0.3 is 10.3 Å². The van der Waals surface area contributed by atoms with E-state index in [1.807, 2.05) is 54.8 Å². The number of carbonyl (C=O) groups excluding carboxylic acids is 1. The van der Waals surface area contributed by atoms with Crippen molar-refractivity contribution >= 4 is 34.4 Å². The van der Waals surface area contributed by atoms with E-state index in [-0.39, 0.29) is 5.91 Å². The lowest BCUT2D eigenvalue weighted by atomic mass is 10.2. The van der Waals surface area contributed by atoms with Gasteiger partial charge in [-0.1, -0.05) is 24.3 Å². The molecule has 1 amide bonds. The number of nitrogens with one attached hydrogen (secondary N) is 2. The van der Waals surface area contributed by atoms with Gasteiger partial charge in [0.1, 0.15) is 5.82 Å². The topological polar surface area (TPSA) is 57.8 Å². The van der Waals surface area contributed by atoms with E-state index < -0.39 is 0 Å². The molecule has 3 aromatic rings. The first kappa shape index (κ1) is 13.7. The van der Waals surface area contributed by atoms with Crippen LogP contribution in [0.1, 0.15) is 0 Å². The van der Waals surface area contributed by atoms with Gasteiger partial charge in [0.05, 0.1) is 16.8 Å². The number of benzene rings is 2. The smallest absolute Gasteiger partial charge is 0.234 e. The minimum absolute atomic E-state index is 0.00394. The molecule has 1 aromatic heterocycles. The van der Waals surface area contributed by atoms with Crippen LogP contribution in [0.2, 0.25) is 0 Å². The fourth-order valence-corrected chi connectivity index (χ4v) is 2.50. The number of fused-ring (bicyclic) bond motifs is 1. The van der Waals surface area contributed by atoms with Gasteiger partial charge in [-0.05, 0) is 30.5 Å². The number of thioether (sulfide) groups is 1. The Bertz CT molecular complexity index is 749. The number of rotatable bonds is 4. The predicted molar refractivity (Wildman–Crippen MR) is 88.5 cm³/mol. The monoisotopic (exact) mass is 297 g/mol. The number of H-pyrrole nitrogens is 1. The molecule has 1 heterocycles. The number of hydrogen-bond donors (Lipinski definition) is 2. The average Bonchev–Trinajstić information content (AvgIpc) is 2.91.